The fraction of sp³-hybridized carbons (Fsp3) is 1.00. The molecule has 3 heteroatoms. The Bertz CT molecular complexity index is 197. The zero-order chi connectivity index (χ0) is 9.47. The Kier molecular flexibility index (Phi) is 2.34. The van der Waals surface area contributed by atoms with E-state index in [0.717, 1.165) is 38.4 Å². The highest BCUT2D eigenvalue weighted by Crippen LogP contribution is 2.41. The molecule has 0 aromatic carbocycles. The minimum Gasteiger partial charge on any atom is -0.388 e. The molecule has 3 nitrogen and oxygen atoms in total. The Morgan fingerprint density at radius 1 is 1.62 bits per heavy atom. The van der Waals surface area contributed by atoms with Crippen molar-refractivity contribution >= 4 is 0 Å². The molecule has 0 aromatic rings. The molecule has 1 aliphatic heterocycles. The van der Waals surface area contributed by atoms with Gasteiger partial charge in [0.25, 0.3) is 0 Å². The van der Waals surface area contributed by atoms with Gasteiger partial charge < -0.3 is 15.7 Å². The standard InChI is InChI=1S/C10H20N2O/c1-2-12-6-8-5-9(12)3-4-10(8,13)7-11/h8-9,13H,2-7,11H2,1H3. The first-order valence-electron chi connectivity index (χ1n) is 5.36. The van der Waals surface area contributed by atoms with Crippen molar-refractivity contribution in [2.24, 2.45) is 11.7 Å². The lowest BCUT2D eigenvalue weighted by Gasteiger charge is -2.36. The quantitative estimate of drug-likeness (QED) is 0.643. The Hall–Kier alpha value is -0.120. The first-order valence-corrected chi connectivity index (χ1v) is 5.36. The molecule has 0 amide bonds. The number of fused-ring (bicyclic) bond motifs is 2. The van der Waals surface area contributed by atoms with E-state index in [1.165, 1.54) is 0 Å². The number of likely N-dealkylation sites (tertiary alicyclic amines) is 1. The average molecular weight is 184 g/mol. The first kappa shape index (κ1) is 9.44. The fourth-order valence-electron chi connectivity index (χ4n) is 2.95. The number of nitrogens with two attached hydrogens (primary N) is 1. The molecule has 1 aliphatic carbocycles. The smallest absolute Gasteiger partial charge is 0.0810 e. The summed E-state index contributed by atoms with van der Waals surface area (Å²) in [4.78, 5) is 2.48. The lowest BCUT2D eigenvalue weighted by Crippen LogP contribution is -2.47. The summed E-state index contributed by atoms with van der Waals surface area (Å²) in [6.45, 7) is 4.79. The molecule has 0 spiro atoms. The van der Waals surface area contributed by atoms with Gasteiger partial charge in [-0.25, -0.2) is 0 Å². The van der Waals surface area contributed by atoms with E-state index in [-0.39, 0.29) is 0 Å². The second kappa shape index (κ2) is 3.23. The number of rotatable bonds is 2. The lowest BCUT2D eigenvalue weighted by atomic mass is 9.76. The van der Waals surface area contributed by atoms with E-state index < -0.39 is 5.60 Å². The van der Waals surface area contributed by atoms with E-state index in [4.69, 9.17) is 5.73 Å². The summed E-state index contributed by atoms with van der Waals surface area (Å²) < 4.78 is 0. The van der Waals surface area contributed by atoms with Crippen LogP contribution in [-0.4, -0.2) is 41.3 Å². The van der Waals surface area contributed by atoms with Gasteiger partial charge in [-0.1, -0.05) is 6.92 Å². The molecule has 76 valence electrons. The molecule has 13 heavy (non-hydrogen) atoms. The van der Waals surface area contributed by atoms with Crippen LogP contribution in [0.15, 0.2) is 0 Å². The summed E-state index contributed by atoms with van der Waals surface area (Å²) >= 11 is 0. The van der Waals surface area contributed by atoms with Gasteiger partial charge in [-0.15, -0.1) is 0 Å². The maximum atomic E-state index is 10.2. The number of hydrogen-bond donors (Lipinski definition) is 2. The van der Waals surface area contributed by atoms with Gasteiger partial charge in [0, 0.05) is 25.0 Å². The van der Waals surface area contributed by atoms with Crippen LogP contribution in [0.2, 0.25) is 0 Å². The average Bonchev–Trinajstić information content (AvgIpc) is 2.52. The predicted molar refractivity (Wildman–Crippen MR) is 52.4 cm³/mol. The van der Waals surface area contributed by atoms with Crippen molar-refractivity contribution in [3.63, 3.8) is 0 Å². The van der Waals surface area contributed by atoms with Crippen LogP contribution in [0.25, 0.3) is 0 Å². The van der Waals surface area contributed by atoms with Crippen molar-refractivity contribution in [2.75, 3.05) is 19.6 Å². The first-order chi connectivity index (χ1) is 6.19. The Balaban J connectivity index is 2.10. The molecular formula is C10H20N2O. The van der Waals surface area contributed by atoms with Crippen LogP contribution in [0.4, 0.5) is 0 Å². The summed E-state index contributed by atoms with van der Waals surface area (Å²) in [5, 5.41) is 10.2. The Morgan fingerprint density at radius 3 is 3.00 bits per heavy atom. The molecule has 2 bridgehead atoms. The molecule has 1 heterocycles. The maximum absolute atomic E-state index is 10.2. The number of aliphatic hydroxyl groups is 1. The molecule has 3 unspecified atom stereocenters. The van der Waals surface area contributed by atoms with Crippen LogP contribution in [0.5, 0.6) is 0 Å². The lowest BCUT2D eigenvalue weighted by molar-refractivity contribution is -0.0246. The normalized spacial score (nSPS) is 45.5. The Labute approximate surface area is 79.9 Å². The third kappa shape index (κ3) is 1.39. The highest BCUT2D eigenvalue weighted by atomic mass is 16.3. The van der Waals surface area contributed by atoms with Gasteiger partial charge in [0.2, 0.25) is 0 Å². The van der Waals surface area contributed by atoms with Crippen molar-refractivity contribution in [3.8, 4) is 0 Å². The molecule has 2 aliphatic rings. The van der Waals surface area contributed by atoms with Crippen molar-refractivity contribution in [1.82, 2.24) is 4.90 Å². The van der Waals surface area contributed by atoms with Gasteiger partial charge in [-0.3, -0.25) is 0 Å². The molecule has 0 aromatic heterocycles. The van der Waals surface area contributed by atoms with Crippen LogP contribution < -0.4 is 5.73 Å². The maximum Gasteiger partial charge on any atom is 0.0810 e. The summed E-state index contributed by atoms with van der Waals surface area (Å²) in [6.07, 6.45) is 3.18. The minimum absolute atomic E-state index is 0.427. The number of hydrogen-bond acceptors (Lipinski definition) is 3. The van der Waals surface area contributed by atoms with Crippen LogP contribution in [0.1, 0.15) is 26.2 Å². The Morgan fingerprint density at radius 2 is 2.38 bits per heavy atom. The molecule has 2 rings (SSSR count). The number of nitrogens with zero attached hydrogens (tertiary/aromatic N) is 1. The zero-order valence-corrected chi connectivity index (χ0v) is 8.37. The van der Waals surface area contributed by atoms with Crippen molar-refractivity contribution in [3.05, 3.63) is 0 Å². The highest BCUT2D eigenvalue weighted by Gasteiger charge is 2.47. The van der Waals surface area contributed by atoms with Gasteiger partial charge in [0.05, 0.1) is 5.60 Å². The van der Waals surface area contributed by atoms with Gasteiger partial charge in [0.15, 0.2) is 0 Å². The molecule has 1 saturated heterocycles. The molecule has 3 N–H and O–H groups in total. The molecule has 2 fully saturated rings. The van der Waals surface area contributed by atoms with Crippen LogP contribution in [-0.2, 0) is 0 Å². The van der Waals surface area contributed by atoms with Crippen LogP contribution in [0.3, 0.4) is 0 Å². The van der Waals surface area contributed by atoms with Gasteiger partial charge in [-0.05, 0) is 25.8 Å². The van der Waals surface area contributed by atoms with Crippen molar-refractivity contribution in [1.29, 1.82) is 0 Å². The van der Waals surface area contributed by atoms with Crippen LogP contribution >= 0.6 is 0 Å². The van der Waals surface area contributed by atoms with E-state index in [2.05, 4.69) is 11.8 Å². The van der Waals surface area contributed by atoms with E-state index in [1.54, 1.807) is 0 Å². The van der Waals surface area contributed by atoms with Gasteiger partial charge in [0.1, 0.15) is 0 Å². The van der Waals surface area contributed by atoms with E-state index in [0.29, 0.717) is 12.5 Å². The van der Waals surface area contributed by atoms with Crippen molar-refractivity contribution < 1.29 is 5.11 Å². The van der Waals surface area contributed by atoms with Gasteiger partial charge >= 0.3 is 0 Å². The zero-order valence-electron chi connectivity index (χ0n) is 8.37. The second-order valence-corrected chi connectivity index (χ2v) is 4.52. The molecule has 1 saturated carbocycles. The third-order valence-electron chi connectivity index (χ3n) is 3.96. The fourth-order valence-corrected chi connectivity index (χ4v) is 2.95. The SMILES string of the molecule is CCN1CC2CC1CCC2(O)CN. The largest absolute Gasteiger partial charge is 0.388 e. The molecular weight excluding hydrogens is 164 g/mol. The minimum atomic E-state index is -0.555. The highest BCUT2D eigenvalue weighted by molar-refractivity contribution is 5.02. The van der Waals surface area contributed by atoms with E-state index in [1.807, 2.05) is 0 Å². The summed E-state index contributed by atoms with van der Waals surface area (Å²) in [7, 11) is 0. The summed E-state index contributed by atoms with van der Waals surface area (Å²) in [5.74, 6) is 0.427. The third-order valence-corrected chi connectivity index (χ3v) is 3.96. The van der Waals surface area contributed by atoms with Crippen LogP contribution in [0, 0.1) is 5.92 Å². The summed E-state index contributed by atoms with van der Waals surface area (Å²) in [6, 6.07) is 0.724. The molecule has 0 radical (unpaired) electrons. The topological polar surface area (TPSA) is 49.5 Å². The summed E-state index contributed by atoms with van der Waals surface area (Å²) in [5.41, 5.74) is 5.09. The van der Waals surface area contributed by atoms with E-state index in [9.17, 15) is 5.11 Å². The predicted octanol–water partition coefficient (Wildman–Crippen LogP) is 0.180. The van der Waals surface area contributed by atoms with Crippen molar-refractivity contribution in [2.45, 2.75) is 37.8 Å². The second-order valence-electron chi connectivity index (χ2n) is 4.52. The van der Waals surface area contributed by atoms with E-state index >= 15 is 0 Å². The molecule has 3 atom stereocenters. The monoisotopic (exact) mass is 184 g/mol. The van der Waals surface area contributed by atoms with Gasteiger partial charge in [-0.2, -0.15) is 0 Å².